The van der Waals surface area contributed by atoms with Crippen molar-refractivity contribution >= 4 is 27.1 Å². The minimum Gasteiger partial charge on any atom is -0.396 e. The Morgan fingerprint density at radius 1 is 1.45 bits per heavy atom. The lowest BCUT2D eigenvalue weighted by Crippen LogP contribution is -2.55. The average molecular weight is 297 g/mol. The summed E-state index contributed by atoms with van der Waals surface area (Å²) in [6, 6.07) is 4.58. The van der Waals surface area contributed by atoms with E-state index < -0.39 is 9.84 Å². The number of sulfone groups is 1. The van der Waals surface area contributed by atoms with Gasteiger partial charge in [0.15, 0.2) is 9.84 Å². The number of hydrogen-bond donors (Lipinski definition) is 2. The summed E-state index contributed by atoms with van der Waals surface area (Å²) in [7, 11) is -3.38. The zero-order valence-corrected chi connectivity index (χ0v) is 12.4. The Labute approximate surface area is 118 Å². The summed E-state index contributed by atoms with van der Waals surface area (Å²) in [5.41, 5.74) is 6.83. The molecule has 1 unspecified atom stereocenters. The number of nitrogens with one attached hydrogen (secondary N) is 1. The normalized spacial score (nSPS) is 19.8. The van der Waals surface area contributed by atoms with Crippen molar-refractivity contribution in [2.24, 2.45) is 0 Å². The van der Waals surface area contributed by atoms with Crippen molar-refractivity contribution in [2.75, 3.05) is 30.0 Å². The molecular weight excluding hydrogens is 278 g/mol. The van der Waals surface area contributed by atoms with Crippen LogP contribution in [0.5, 0.6) is 0 Å². The number of nitrogens with zero attached hydrogens (tertiary/aromatic N) is 1. The number of piperazine rings is 1. The molecule has 2 rings (SSSR count). The molecule has 110 valence electrons. The summed E-state index contributed by atoms with van der Waals surface area (Å²) in [6.45, 7) is 3.05. The molecule has 1 saturated heterocycles. The van der Waals surface area contributed by atoms with Crippen molar-refractivity contribution in [3.63, 3.8) is 0 Å². The van der Waals surface area contributed by atoms with Crippen LogP contribution in [0.2, 0.25) is 0 Å². The lowest BCUT2D eigenvalue weighted by atomic mass is 10.1. The zero-order chi connectivity index (χ0) is 14.9. The first kappa shape index (κ1) is 14.6. The minimum absolute atomic E-state index is 0.0529. The number of para-hydroxylation sites is 1. The maximum atomic E-state index is 11.9. The second kappa shape index (κ2) is 5.32. The number of nitrogens with two attached hydrogens (primary N) is 1. The molecule has 3 N–H and O–H groups in total. The topological polar surface area (TPSA) is 92.5 Å². The fourth-order valence-electron chi connectivity index (χ4n) is 2.52. The van der Waals surface area contributed by atoms with Crippen LogP contribution in [0.4, 0.5) is 11.4 Å². The summed E-state index contributed by atoms with van der Waals surface area (Å²) >= 11 is 0. The fraction of sp³-hybridized carbons (Fsp3) is 0.462. The number of hydrogen-bond acceptors (Lipinski definition) is 5. The number of carbonyl (C=O) groups excluding carboxylic acids is 1. The van der Waals surface area contributed by atoms with E-state index >= 15 is 0 Å². The molecule has 1 amide bonds. The van der Waals surface area contributed by atoms with E-state index in [1.807, 2.05) is 11.8 Å². The lowest BCUT2D eigenvalue weighted by molar-refractivity contribution is -0.123. The van der Waals surface area contributed by atoms with Gasteiger partial charge in [0.2, 0.25) is 5.91 Å². The van der Waals surface area contributed by atoms with Crippen LogP contribution in [0.3, 0.4) is 0 Å². The summed E-state index contributed by atoms with van der Waals surface area (Å²) in [5, 5.41) is 2.81. The third-order valence-corrected chi connectivity index (χ3v) is 4.62. The first-order valence-electron chi connectivity index (χ1n) is 6.49. The summed E-state index contributed by atoms with van der Waals surface area (Å²) in [6.07, 6.45) is 1.76. The van der Waals surface area contributed by atoms with Gasteiger partial charge < -0.3 is 16.0 Å². The third kappa shape index (κ3) is 2.58. The second-order valence-electron chi connectivity index (χ2n) is 4.87. The van der Waals surface area contributed by atoms with Crippen LogP contribution in [-0.2, 0) is 14.6 Å². The first-order valence-corrected chi connectivity index (χ1v) is 8.38. The van der Waals surface area contributed by atoms with Crippen LogP contribution in [0.1, 0.15) is 13.3 Å². The van der Waals surface area contributed by atoms with Gasteiger partial charge in [0.1, 0.15) is 6.04 Å². The zero-order valence-electron chi connectivity index (χ0n) is 11.6. The molecule has 20 heavy (non-hydrogen) atoms. The van der Waals surface area contributed by atoms with Crippen LogP contribution in [0, 0.1) is 0 Å². The highest BCUT2D eigenvalue weighted by Crippen LogP contribution is 2.32. The van der Waals surface area contributed by atoms with Crippen molar-refractivity contribution in [3.8, 4) is 0 Å². The van der Waals surface area contributed by atoms with E-state index in [1.165, 1.54) is 6.07 Å². The number of amides is 1. The summed E-state index contributed by atoms with van der Waals surface area (Å²) in [4.78, 5) is 13.9. The van der Waals surface area contributed by atoms with Crippen LogP contribution in [-0.4, -0.2) is 39.7 Å². The third-order valence-electron chi connectivity index (χ3n) is 3.47. The lowest BCUT2D eigenvalue weighted by Gasteiger charge is -2.37. The Balaban J connectivity index is 2.50. The van der Waals surface area contributed by atoms with E-state index in [4.69, 9.17) is 5.73 Å². The standard InChI is InChI=1S/C13H19N3O3S/c1-3-9-13(17)15-7-8-16(9)10-5-4-6-11(12(10)14)20(2,18)19/h4-6,9H,3,7-8,14H2,1-2H3,(H,15,17). The number of anilines is 2. The van der Waals surface area contributed by atoms with Gasteiger partial charge in [0.25, 0.3) is 0 Å². The molecule has 1 aliphatic heterocycles. The Bertz CT molecular complexity index is 628. The van der Waals surface area contributed by atoms with Crippen LogP contribution >= 0.6 is 0 Å². The average Bonchev–Trinajstić information content (AvgIpc) is 2.37. The Morgan fingerprint density at radius 3 is 2.75 bits per heavy atom. The number of carbonyl (C=O) groups is 1. The molecular formula is C13H19N3O3S. The van der Waals surface area contributed by atoms with Gasteiger partial charge in [0.05, 0.1) is 16.3 Å². The van der Waals surface area contributed by atoms with Crippen molar-refractivity contribution in [3.05, 3.63) is 18.2 Å². The minimum atomic E-state index is -3.38. The second-order valence-corrected chi connectivity index (χ2v) is 6.85. The Morgan fingerprint density at radius 2 is 2.15 bits per heavy atom. The highest BCUT2D eigenvalue weighted by atomic mass is 32.2. The molecule has 1 heterocycles. The van der Waals surface area contributed by atoms with E-state index in [0.717, 1.165) is 6.26 Å². The van der Waals surface area contributed by atoms with Gasteiger partial charge in [0, 0.05) is 19.3 Å². The maximum absolute atomic E-state index is 11.9. The monoisotopic (exact) mass is 297 g/mol. The van der Waals surface area contributed by atoms with E-state index in [-0.39, 0.29) is 22.5 Å². The molecule has 1 aromatic rings. The molecule has 7 heteroatoms. The van der Waals surface area contributed by atoms with Crippen molar-refractivity contribution < 1.29 is 13.2 Å². The van der Waals surface area contributed by atoms with E-state index in [1.54, 1.807) is 12.1 Å². The maximum Gasteiger partial charge on any atom is 0.242 e. The van der Waals surface area contributed by atoms with Crippen molar-refractivity contribution in [1.29, 1.82) is 0 Å². The van der Waals surface area contributed by atoms with E-state index in [9.17, 15) is 13.2 Å². The van der Waals surface area contributed by atoms with Gasteiger partial charge in [-0.2, -0.15) is 0 Å². The molecule has 1 fully saturated rings. The molecule has 0 radical (unpaired) electrons. The highest BCUT2D eigenvalue weighted by Gasteiger charge is 2.30. The predicted molar refractivity (Wildman–Crippen MR) is 78.4 cm³/mol. The fourth-order valence-corrected chi connectivity index (χ4v) is 3.34. The van der Waals surface area contributed by atoms with Gasteiger partial charge >= 0.3 is 0 Å². The van der Waals surface area contributed by atoms with Crippen LogP contribution < -0.4 is 16.0 Å². The van der Waals surface area contributed by atoms with Crippen molar-refractivity contribution in [1.82, 2.24) is 5.32 Å². The van der Waals surface area contributed by atoms with Crippen LogP contribution in [0.25, 0.3) is 0 Å². The van der Waals surface area contributed by atoms with Gasteiger partial charge in [-0.15, -0.1) is 0 Å². The Hall–Kier alpha value is -1.76. The molecule has 0 spiro atoms. The Kier molecular flexibility index (Phi) is 3.89. The molecule has 6 nitrogen and oxygen atoms in total. The van der Waals surface area contributed by atoms with Gasteiger partial charge in [-0.3, -0.25) is 4.79 Å². The van der Waals surface area contributed by atoms with Crippen molar-refractivity contribution in [2.45, 2.75) is 24.3 Å². The molecule has 0 saturated carbocycles. The number of nitrogen functional groups attached to an aromatic ring is 1. The number of benzene rings is 1. The predicted octanol–water partition coefficient (Wildman–Crippen LogP) is 0.387. The van der Waals surface area contributed by atoms with Gasteiger partial charge in [-0.1, -0.05) is 13.0 Å². The summed E-state index contributed by atoms with van der Waals surface area (Å²) < 4.78 is 23.5. The molecule has 1 atom stereocenters. The highest BCUT2D eigenvalue weighted by molar-refractivity contribution is 7.90. The smallest absolute Gasteiger partial charge is 0.242 e. The quantitative estimate of drug-likeness (QED) is 0.787. The van der Waals surface area contributed by atoms with E-state index in [0.29, 0.717) is 25.2 Å². The van der Waals surface area contributed by atoms with Crippen LogP contribution in [0.15, 0.2) is 23.1 Å². The molecule has 0 aliphatic carbocycles. The summed E-state index contributed by atoms with van der Waals surface area (Å²) in [5.74, 6) is -0.0529. The first-order chi connectivity index (χ1) is 9.36. The number of rotatable bonds is 3. The van der Waals surface area contributed by atoms with Gasteiger partial charge in [-0.25, -0.2) is 8.42 Å². The largest absolute Gasteiger partial charge is 0.396 e. The molecule has 0 aromatic heterocycles. The van der Waals surface area contributed by atoms with E-state index in [2.05, 4.69) is 5.32 Å². The molecule has 0 bridgehead atoms. The van der Waals surface area contributed by atoms with Gasteiger partial charge in [-0.05, 0) is 18.6 Å². The SMILES string of the molecule is CCC1C(=O)NCCN1c1cccc(S(C)(=O)=O)c1N. The molecule has 1 aliphatic rings. The molecule has 1 aromatic carbocycles.